The second kappa shape index (κ2) is 5.65. The normalized spacial score (nSPS) is 26.3. The molecule has 0 amide bonds. The first-order valence-electron chi connectivity index (χ1n) is 6.57. The van der Waals surface area contributed by atoms with Crippen LogP contribution in [0.15, 0.2) is 12.4 Å². The van der Waals surface area contributed by atoms with Crippen LogP contribution in [-0.2, 0) is 17.7 Å². The summed E-state index contributed by atoms with van der Waals surface area (Å²) in [7, 11) is 2.01. The van der Waals surface area contributed by atoms with Gasteiger partial charge in [0.25, 0.3) is 0 Å². The minimum Gasteiger partial charge on any atom is -0.374 e. The van der Waals surface area contributed by atoms with Gasteiger partial charge in [0.15, 0.2) is 0 Å². The molecule has 2 rings (SSSR count). The maximum Gasteiger partial charge on any atom is 0.110 e. The Kier molecular flexibility index (Phi) is 4.18. The lowest BCUT2D eigenvalue weighted by Gasteiger charge is -2.23. The molecule has 3 unspecified atom stereocenters. The van der Waals surface area contributed by atoms with Gasteiger partial charge in [-0.2, -0.15) is 0 Å². The Balaban J connectivity index is 2.00. The summed E-state index contributed by atoms with van der Waals surface area (Å²) in [5, 5.41) is 3.38. The fourth-order valence-corrected chi connectivity index (χ4v) is 2.56. The highest BCUT2D eigenvalue weighted by molar-refractivity contribution is 4.98. The zero-order chi connectivity index (χ0) is 12.3. The number of rotatable bonds is 5. The molecule has 3 atom stereocenters. The second-order valence-electron chi connectivity index (χ2n) is 4.79. The molecule has 96 valence electrons. The average Bonchev–Trinajstić information content (AvgIpc) is 2.94. The monoisotopic (exact) mass is 237 g/mol. The molecule has 0 saturated carbocycles. The van der Waals surface area contributed by atoms with Crippen molar-refractivity contribution >= 4 is 0 Å². The summed E-state index contributed by atoms with van der Waals surface area (Å²) in [6.45, 7) is 5.28. The molecule has 1 aliphatic rings. The minimum atomic E-state index is 0.331. The number of ether oxygens (including phenoxy) is 1. The van der Waals surface area contributed by atoms with Crippen molar-refractivity contribution in [1.29, 1.82) is 0 Å². The lowest BCUT2D eigenvalue weighted by atomic mass is 10.0. The van der Waals surface area contributed by atoms with Crippen molar-refractivity contribution in [3.63, 3.8) is 0 Å². The van der Waals surface area contributed by atoms with Gasteiger partial charge in [-0.1, -0.05) is 0 Å². The Morgan fingerprint density at radius 2 is 2.41 bits per heavy atom. The summed E-state index contributed by atoms with van der Waals surface area (Å²) in [5.41, 5.74) is 0. The molecule has 2 heterocycles. The van der Waals surface area contributed by atoms with Gasteiger partial charge >= 0.3 is 0 Å². The summed E-state index contributed by atoms with van der Waals surface area (Å²) in [6.07, 6.45) is 7.92. The van der Waals surface area contributed by atoms with E-state index in [4.69, 9.17) is 4.74 Å². The van der Waals surface area contributed by atoms with E-state index in [-0.39, 0.29) is 0 Å². The Labute approximate surface area is 103 Å². The molecule has 1 N–H and O–H groups in total. The van der Waals surface area contributed by atoms with Gasteiger partial charge in [-0.25, -0.2) is 4.98 Å². The number of hydrogen-bond acceptors (Lipinski definition) is 3. The van der Waals surface area contributed by atoms with Gasteiger partial charge in [0.2, 0.25) is 0 Å². The van der Waals surface area contributed by atoms with Crippen LogP contribution >= 0.6 is 0 Å². The fourth-order valence-electron chi connectivity index (χ4n) is 2.56. The van der Waals surface area contributed by atoms with E-state index in [1.54, 1.807) is 0 Å². The minimum absolute atomic E-state index is 0.331. The maximum atomic E-state index is 5.94. The molecule has 1 aliphatic heterocycles. The van der Waals surface area contributed by atoms with Crippen LogP contribution in [0.4, 0.5) is 0 Å². The van der Waals surface area contributed by atoms with Crippen LogP contribution in [0.25, 0.3) is 0 Å². The number of aromatic nitrogens is 2. The summed E-state index contributed by atoms with van der Waals surface area (Å²) in [4.78, 5) is 4.43. The molecule has 1 saturated heterocycles. The number of hydrogen-bond donors (Lipinski definition) is 1. The van der Waals surface area contributed by atoms with Gasteiger partial charge in [0, 0.05) is 31.4 Å². The summed E-state index contributed by atoms with van der Waals surface area (Å²) in [6, 6.07) is 0.368. The molecule has 0 radical (unpaired) electrons. The third-order valence-corrected chi connectivity index (χ3v) is 3.63. The molecule has 0 aliphatic carbocycles. The Morgan fingerprint density at radius 1 is 1.59 bits per heavy atom. The Bertz CT molecular complexity index is 350. The number of imidazole rings is 1. The molecule has 17 heavy (non-hydrogen) atoms. The number of aryl methyl sites for hydroxylation is 1. The van der Waals surface area contributed by atoms with E-state index in [0.29, 0.717) is 18.2 Å². The molecule has 0 aromatic carbocycles. The molecule has 0 bridgehead atoms. The van der Waals surface area contributed by atoms with Gasteiger partial charge < -0.3 is 14.6 Å². The number of nitrogens with zero attached hydrogens (tertiary/aromatic N) is 2. The van der Waals surface area contributed by atoms with Gasteiger partial charge in [-0.3, -0.25) is 0 Å². The molecular weight excluding hydrogens is 214 g/mol. The number of likely N-dealkylation sites (N-methyl/N-ethyl adjacent to an activating group) is 1. The van der Waals surface area contributed by atoms with E-state index in [0.717, 1.165) is 25.2 Å². The zero-order valence-corrected chi connectivity index (χ0v) is 11.0. The third-order valence-electron chi connectivity index (χ3n) is 3.63. The standard InChI is InChI=1S/C13H23N3O/c1-4-16-8-7-15-13(16)9-11(14-3)12-6-5-10(2)17-12/h7-8,10-12,14H,4-6,9H2,1-3H3. The average molecular weight is 237 g/mol. The molecular formula is C13H23N3O. The Hall–Kier alpha value is -0.870. The van der Waals surface area contributed by atoms with Crippen molar-refractivity contribution in [2.24, 2.45) is 0 Å². The molecule has 1 aromatic rings. The van der Waals surface area contributed by atoms with Crippen LogP contribution < -0.4 is 5.32 Å². The molecule has 4 heteroatoms. The van der Waals surface area contributed by atoms with Gasteiger partial charge in [0.1, 0.15) is 5.82 Å². The maximum absolute atomic E-state index is 5.94. The third kappa shape index (κ3) is 2.87. The van der Waals surface area contributed by atoms with Crippen LogP contribution in [-0.4, -0.2) is 34.8 Å². The highest BCUT2D eigenvalue weighted by atomic mass is 16.5. The lowest BCUT2D eigenvalue weighted by molar-refractivity contribution is 0.0331. The number of nitrogens with one attached hydrogen (secondary N) is 1. The smallest absolute Gasteiger partial charge is 0.110 e. The van der Waals surface area contributed by atoms with Crippen LogP contribution in [0, 0.1) is 0 Å². The van der Waals surface area contributed by atoms with Crippen molar-refractivity contribution in [3.8, 4) is 0 Å². The topological polar surface area (TPSA) is 39.1 Å². The quantitative estimate of drug-likeness (QED) is 0.845. The van der Waals surface area contributed by atoms with Gasteiger partial charge in [-0.05, 0) is 33.7 Å². The van der Waals surface area contributed by atoms with E-state index in [9.17, 15) is 0 Å². The van der Waals surface area contributed by atoms with Crippen molar-refractivity contribution in [2.45, 2.75) is 57.9 Å². The largest absolute Gasteiger partial charge is 0.374 e. The van der Waals surface area contributed by atoms with Crippen LogP contribution in [0.3, 0.4) is 0 Å². The van der Waals surface area contributed by atoms with Crippen LogP contribution in [0.1, 0.15) is 32.5 Å². The molecule has 1 fully saturated rings. The second-order valence-corrected chi connectivity index (χ2v) is 4.79. The van der Waals surface area contributed by atoms with Crippen molar-refractivity contribution in [1.82, 2.24) is 14.9 Å². The van der Waals surface area contributed by atoms with Crippen molar-refractivity contribution in [2.75, 3.05) is 7.05 Å². The molecule has 0 spiro atoms. The van der Waals surface area contributed by atoms with Crippen molar-refractivity contribution in [3.05, 3.63) is 18.2 Å². The lowest BCUT2D eigenvalue weighted by Crippen LogP contribution is -2.40. The first kappa shape index (κ1) is 12.6. The fraction of sp³-hybridized carbons (Fsp3) is 0.769. The van der Waals surface area contributed by atoms with Crippen molar-refractivity contribution < 1.29 is 4.74 Å². The van der Waals surface area contributed by atoms with Gasteiger partial charge in [0.05, 0.1) is 12.2 Å². The van der Waals surface area contributed by atoms with Crippen LogP contribution in [0.2, 0.25) is 0 Å². The summed E-state index contributed by atoms with van der Waals surface area (Å²) in [5.74, 6) is 1.15. The highest BCUT2D eigenvalue weighted by Gasteiger charge is 2.29. The first-order valence-corrected chi connectivity index (χ1v) is 6.57. The predicted molar refractivity (Wildman–Crippen MR) is 68.0 cm³/mol. The Morgan fingerprint density at radius 3 is 3.00 bits per heavy atom. The zero-order valence-electron chi connectivity index (χ0n) is 11.0. The summed E-state index contributed by atoms with van der Waals surface area (Å²) >= 11 is 0. The van der Waals surface area contributed by atoms with E-state index >= 15 is 0 Å². The predicted octanol–water partition coefficient (Wildman–Crippen LogP) is 1.60. The highest BCUT2D eigenvalue weighted by Crippen LogP contribution is 2.23. The van der Waals surface area contributed by atoms with Gasteiger partial charge in [-0.15, -0.1) is 0 Å². The van der Waals surface area contributed by atoms with E-state index in [1.165, 1.54) is 6.42 Å². The SMILES string of the molecule is CCn1ccnc1CC(NC)C1CCC(C)O1. The summed E-state index contributed by atoms with van der Waals surface area (Å²) < 4.78 is 8.13. The van der Waals surface area contributed by atoms with Crippen LogP contribution in [0.5, 0.6) is 0 Å². The van der Waals surface area contributed by atoms with E-state index in [1.807, 2.05) is 19.4 Å². The van der Waals surface area contributed by atoms with E-state index < -0.39 is 0 Å². The van der Waals surface area contributed by atoms with E-state index in [2.05, 4.69) is 28.7 Å². The molecule has 4 nitrogen and oxygen atoms in total. The molecule has 1 aromatic heterocycles. The first-order chi connectivity index (χ1) is 8.24.